The zero-order valence-electron chi connectivity index (χ0n) is 19.5. The molecule has 0 bridgehead atoms. The second kappa shape index (κ2) is 9.11. The highest BCUT2D eigenvalue weighted by molar-refractivity contribution is 7.19. The van der Waals surface area contributed by atoms with Gasteiger partial charge in [-0.1, -0.05) is 73.5 Å². The predicted molar refractivity (Wildman–Crippen MR) is 137 cm³/mol. The second-order valence-electron chi connectivity index (χ2n) is 8.88. The summed E-state index contributed by atoms with van der Waals surface area (Å²) in [5.74, 6) is -0.546. The zero-order valence-corrected chi connectivity index (χ0v) is 20.3. The van der Waals surface area contributed by atoms with Crippen molar-refractivity contribution in [3.8, 4) is 22.4 Å². The van der Waals surface area contributed by atoms with Crippen molar-refractivity contribution in [2.75, 3.05) is 7.11 Å². The molecule has 0 radical (unpaired) electrons. The Morgan fingerprint density at radius 2 is 1.82 bits per heavy atom. The molecular formula is C29H29NO2S. The minimum absolute atomic E-state index is 0.185. The highest BCUT2D eigenvalue weighted by atomic mass is 32.1. The maximum Gasteiger partial charge on any atom is 0.313 e. The number of hydrogen-bond acceptors (Lipinski definition) is 4. The summed E-state index contributed by atoms with van der Waals surface area (Å²) in [6.07, 6.45) is 5.01. The van der Waals surface area contributed by atoms with Crippen molar-refractivity contribution < 1.29 is 9.53 Å². The van der Waals surface area contributed by atoms with Gasteiger partial charge >= 0.3 is 5.97 Å². The highest BCUT2D eigenvalue weighted by Crippen LogP contribution is 2.48. The third kappa shape index (κ3) is 3.87. The largest absolute Gasteiger partial charge is 0.469 e. The summed E-state index contributed by atoms with van der Waals surface area (Å²) in [6, 6.07) is 19.0. The van der Waals surface area contributed by atoms with Crippen LogP contribution in [0, 0.1) is 6.92 Å². The smallest absolute Gasteiger partial charge is 0.313 e. The van der Waals surface area contributed by atoms with E-state index in [0.717, 1.165) is 52.9 Å². The van der Waals surface area contributed by atoms with Gasteiger partial charge in [-0.3, -0.25) is 4.79 Å². The standard InChI is InChI=1S/C29H29NO2S/c1-4-9-22(29(31)32-3)25-24(19-16-14-18(2)15-17-19)26-21-12-8-13-23(21)33-28(26)30-27(25)20-10-6-5-7-11-20/h5-7,10-11,14-17,22H,4,8-9,12-13H2,1-3H3. The Hall–Kier alpha value is -2.98. The van der Waals surface area contributed by atoms with E-state index in [9.17, 15) is 4.79 Å². The van der Waals surface area contributed by atoms with Gasteiger partial charge in [-0.2, -0.15) is 0 Å². The van der Waals surface area contributed by atoms with Crippen molar-refractivity contribution in [3.05, 3.63) is 76.2 Å². The van der Waals surface area contributed by atoms with Crippen LogP contribution in [-0.2, 0) is 22.4 Å². The molecule has 0 spiro atoms. The molecule has 1 unspecified atom stereocenters. The van der Waals surface area contributed by atoms with E-state index in [4.69, 9.17) is 9.72 Å². The van der Waals surface area contributed by atoms with Crippen molar-refractivity contribution in [2.45, 2.75) is 51.9 Å². The van der Waals surface area contributed by atoms with E-state index in [1.807, 2.05) is 29.5 Å². The Morgan fingerprint density at radius 1 is 1.06 bits per heavy atom. The first-order valence-corrected chi connectivity index (χ1v) is 12.6. The quantitative estimate of drug-likeness (QED) is 0.283. The number of carbonyl (C=O) groups excluding carboxylic acids is 1. The molecule has 1 aliphatic rings. The first-order chi connectivity index (χ1) is 16.1. The molecule has 1 atom stereocenters. The predicted octanol–water partition coefficient (Wildman–Crippen LogP) is 7.48. The molecule has 0 N–H and O–H groups in total. The van der Waals surface area contributed by atoms with Crippen LogP contribution < -0.4 is 0 Å². The van der Waals surface area contributed by atoms with E-state index < -0.39 is 0 Å². The van der Waals surface area contributed by atoms with Crippen LogP contribution in [-0.4, -0.2) is 18.1 Å². The van der Waals surface area contributed by atoms with E-state index in [0.29, 0.717) is 0 Å². The van der Waals surface area contributed by atoms with E-state index in [1.54, 1.807) is 0 Å². The summed E-state index contributed by atoms with van der Waals surface area (Å²) in [6.45, 7) is 4.23. The van der Waals surface area contributed by atoms with Crippen LogP contribution >= 0.6 is 11.3 Å². The molecule has 4 heteroatoms. The summed E-state index contributed by atoms with van der Waals surface area (Å²) < 4.78 is 5.34. The van der Waals surface area contributed by atoms with E-state index in [2.05, 4.69) is 50.2 Å². The van der Waals surface area contributed by atoms with Crippen LogP contribution in [0.5, 0.6) is 0 Å². The maximum absolute atomic E-state index is 13.2. The Labute approximate surface area is 199 Å². The molecule has 33 heavy (non-hydrogen) atoms. The molecule has 2 aromatic carbocycles. The molecule has 5 rings (SSSR count). The van der Waals surface area contributed by atoms with Gasteiger partial charge in [0.25, 0.3) is 0 Å². The molecule has 0 fully saturated rings. The van der Waals surface area contributed by atoms with Crippen LogP contribution in [0.3, 0.4) is 0 Å². The Kier molecular flexibility index (Phi) is 6.03. The van der Waals surface area contributed by atoms with Crippen LogP contribution in [0.15, 0.2) is 54.6 Å². The number of esters is 1. The van der Waals surface area contributed by atoms with Crippen molar-refractivity contribution in [2.24, 2.45) is 0 Å². The van der Waals surface area contributed by atoms with E-state index >= 15 is 0 Å². The minimum Gasteiger partial charge on any atom is -0.469 e. The summed E-state index contributed by atoms with van der Waals surface area (Å²) in [5, 5.41) is 1.25. The van der Waals surface area contributed by atoms with Crippen molar-refractivity contribution in [1.29, 1.82) is 0 Å². The molecule has 2 aromatic heterocycles. The first-order valence-electron chi connectivity index (χ1n) is 11.8. The van der Waals surface area contributed by atoms with Crippen LogP contribution in [0.2, 0.25) is 0 Å². The average molecular weight is 456 g/mol. The Bertz CT molecular complexity index is 1310. The lowest BCUT2D eigenvalue weighted by Crippen LogP contribution is -2.17. The van der Waals surface area contributed by atoms with Gasteiger partial charge in [-0.25, -0.2) is 4.98 Å². The van der Waals surface area contributed by atoms with Gasteiger partial charge in [0.2, 0.25) is 0 Å². The van der Waals surface area contributed by atoms with Gasteiger partial charge in [0.05, 0.1) is 18.7 Å². The molecule has 2 heterocycles. The summed E-state index contributed by atoms with van der Waals surface area (Å²) in [4.78, 5) is 21.0. The lowest BCUT2D eigenvalue weighted by atomic mass is 9.83. The lowest BCUT2D eigenvalue weighted by Gasteiger charge is -2.23. The molecule has 1 aliphatic carbocycles. The number of hydrogen-bond donors (Lipinski definition) is 0. The van der Waals surface area contributed by atoms with Crippen molar-refractivity contribution in [3.63, 3.8) is 0 Å². The van der Waals surface area contributed by atoms with Gasteiger partial charge in [0, 0.05) is 21.4 Å². The fourth-order valence-electron chi connectivity index (χ4n) is 5.13. The molecule has 3 nitrogen and oxygen atoms in total. The van der Waals surface area contributed by atoms with Gasteiger partial charge in [0.15, 0.2) is 0 Å². The van der Waals surface area contributed by atoms with E-state index in [-0.39, 0.29) is 11.9 Å². The Balaban J connectivity index is 1.94. The number of thiophene rings is 1. The second-order valence-corrected chi connectivity index (χ2v) is 9.97. The molecule has 4 aromatic rings. The fraction of sp³-hybridized carbons (Fsp3) is 0.310. The van der Waals surface area contributed by atoms with Crippen molar-refractivity contribution in [1.82, 2.24) is 4.98 Å². The monoisotopic (exact) mass is 455 g/mol. The number of aryl methyl sites for hydroxylation is 3. The third-order valence-corrected chi connectivity index (χ3v) is 7.88. The molecule has 0 aliphatic heterocycles. The van der Waals surface area contributed by atoms with Gasteiger partial charge < -0.3 is 4.74 Å². The molecular weight excluding hydrogens is 426 g/mol. The fourth-order valence-corrected chi connectivity index (χ4v) is 6.40. The first kappa shape index (κ1) is 21.8. The number of methoxy groups -OCH3 is 1. The number of ether oxygens (including phenoxy) is 1. The molecule has 0 saturated carbocycles. The number of pyridine rings is 1. The van der Waals surface area contributed by atoms with Crippen LogP contribution in [0.4, 0.5) is 0 Å². The van der Waals surface area contributed by atoms with Gasteiger partial charge in [0.1, 0.15) is 4.83 Å². The third-order valence-electron chi connectivity index (χ3n) is 6.69. The molecule has 0 amide bonds. The minimum atomic E-state index is -0.361. The summed E-state index contributed by atoms with van der Waals surface area (Å²) in [7, 11) is 1.49. The Morgan fingerprint density at radius 3 is 2.52 bits per heavy atom. The number of nitrogens with zero attached hydrogens (tertiary/aromatic N) is 1. The molecule has 168 valence electrons. The van der Waals surface area contributed by atoms with Crippen LogP contribution in [0.1, 0.15) is 53.7 Å². The van der Waals surface area contributed by atoms with Crippen molar-refractivity contribution >= 4 is 27.5 Å². The number of fused-ring (bicyclic) bond motifs is 3. The van der Waals surface area contributed by atoms with Gasteiger partial charge in [-0.15, -0.1) is 11.3 Å². The maximum atomic E-state index is 13.2. The van der Waals surface area contributed by atoms with Gasteiger partial charge in [-0.05, 0) is 49.3 Å². The number of rotatable bonds is 6. The SMILES string of the molecule is CCCC(C(=O)OC)c1c(-c2ccccc2)nc2sc3c(c2c1-c1ccc(C)cc1)CCC3. The summed E-state index contributed by atoms with van der Waals surface area (Å²) in [5.41, 5.74) is 7.93. The molecule has 0 saturated heterocycles. The average Bonchev–Trinajstić information content (AvgIpc) is 3.43. The van der Waals surface area contributed by atoms with E-state index in [1.165, 1.54) is 40.5 Å². The normalized spacial score (nSPS) is 13.8. The topological polar surface area (TPSA) is 39.2 Å². The number of carbonyl (C=O) groups is 1. The number of benzene rings is 2. The lowest BCUT2D eigenvalue weighted by molar-refractivity contribution is -0.142. The zero-order chi connectivity index (χ0) is 22.9. The highest BCUT2D eigenvalue weighted by Gasteiger charge is 2.32. The summed E-state index contributed by atoms with van der Waals surface area (Å²) >= 11 is 1.83. The van der Waals surface area contributed by atoms with Crippen LogP contribution in [0.25, 0.3) is 32.6 Å². The number of aromatic nitrogens is 1.